The van der Waals surface area contributed by atoms with Gasteiger partial charge in [-0.15, -0.1) is 0 Å². The lowest BCUT2D eigenvalue weighted by Crippen LogP contribution is -2.34. The number of nitrogens with one attached hydrogen (secondary N) is 1. The van der Waals surface area contributed by atoms with Crippen LogP contribution in [0.2, 0.25) is 0 Å². The normalized spacial score (nSPS) is 10.5. The van der Waals surface area contributed by atoms with Crippen molar-refractivity contribution in [3.8, 4) is 0 Å². The minimum atomic E-state index is 0.623. The molecule has 0 spiro atoms. The van der Waals surface area contributed by atoms with E-state index in [0.717, 1.165) is 23.5 Å². The fraction of sp³-hybridized carbons (Fsp3) is 0.261. The predicted molar refractivity (Wildman–Crippen MR) is 119 cm³/mol. The van der Waals surface area contributed by atoms with E-state index in [1.54, 1.807) is 12.4 Å². The first kappa shape index (κ1) is 20.0. The molecule has 5 heteroatoms. The van der Waals surface area contributed by atoms with Gasteiger partial charge in [0.15, 0.2) is 5.11 Å². The molecule has 0 saturated heterocycles. The molecule has 0 fully saturated rings. The molecule has 2 heterocycles. The second-order valence-corrected chi connectivity index (χ2v) is 7.12. The van der Waals surface area contributed by atoms with E-state index in [0.29, 0.717) is 18.2 Å². The van der Waals surface area contributed by atoms with Gasteiger partial charge in [0, 0.05) is 18.1 Å². The highest BCUT2D eigenvalue weighted by molar-refractivity contribution is 7.80. The summed E-state index contributed by atoms with van der Waals surface area (Å²) >= 11 is 5.72. The van der Waals surface area contributed by atoms with Crippen molar-refractivity contribution in [3.63, 3.8) is 0 Å². The van der Waals surface area contributed by atoms with E-state index in [2.05, 4.69) is 51.4 Å². The summed E-state index contributed by atoms with van der Waals surface area (Å²) in [4.78, 5) is 11.0. The van der Waals surface area contributed by atoms with Crippen LogP contribution in [0.15, 0.2) is 73.1 Å². The van der Waals surface area contributed by atoms with Crippen LogP contribution in [0.1, 0.15) is 36.7 Å². The van der Waals surface area contributed by atoms with Gasteiger partial charge in [0.2, 0.25) is 0 Å². The topological polar surface area (TPSA) is 41.0 Å². The number of hydrogen-bond donors (Lipinski definition) is 1. The molecule has 0 saturated carbocycles. The van der Waals surface area contributed by atoms with Crippen molar-refractivity contribution in [2.75, 3.05) is 5.32 Å². The van der Waals surface area contributed by atoms with E-state index in [4.69, 9.17) is 12.2 Å². The Morgan fingerprint density at radius 2 is 1.50 bits per heavy atom. The first-order valence-electron chi connectivity index (χ1n) is 9.69. The van der Waals surface area contributed by atoms with Gasteiger partial charge in [-0.25, -0.2) is 0 Å². The third-order valence-corrected chi connectivity index (χ3v) is 4.83. The quantitative estimate of drug-likeness (QED) is 0.534. The van der Waals surface area contributed by atoms with Crippen LogP contribution in [0.4, 0.5) is 5.69 Å². The highest BCUT2D eigenvalue weighted by Gasteiger charge is 2.13. The summed E-state index contributed by atoms with van der Waals surface area (Å²) in [6, 6.07) is 20.4. The summed E-state index contributed by atoms with van der Waals surface area (Å²) in [5, 5.41) is 4.03. The molecule has 0 bridgehead atoms. The second kappa shape index (κ2) is 10.5. The number of pyridine rings is 2. The number of anilines is 1. The molecule has 1 aromatic carbocycles. The Morgan fingerprint density at radius 3 is 2.00 bits per heavy atom. The van der Waals surface area contributed by atoms with Crippen molar-refractivity contribution in [1.82, 2.24) is 14.9 Å². The monoisotopic (exact) mass is 390 g/mol. The van der Waals surface area contributed by atoms with E-state index in [9.17, 15) is 0 Å². The number of nitrogens with zero attached hydrogens (tertiary/aromatic N) is 3. The van der Waals surface area contributed by atoms with Crippen LogP contribution in [0.5, 0.6) is 0 Å². The molecule has 2 aromatic heterocycles. The molecular formula is C23H26N4S. The van der Waals surface area contributed by atoms with Crippen molar-refractivity contribution < 1.29 is 0 Å². The molecule has 144 valence electrons. The summed E-state index contributed by atoms with van der Waals surface area (Å²) in [7, 11) is 0. The summed E-state index contributed by atoms with van der Waals surface area (Å²) in [5.41, 5.74) is 4.30. The molecule has 0 aliphatic rings. The maximum absolute atomic E-state index is 5.72. The number of rotatable bonds is 8. The van der Waals surface area contributed by atoms with Crippen LogP contribution in [0.25, 0.3) is 0 Å². The molecule has 0 aliphatic carbocycles. The second-order valence-electron chi connectivity index (χ2n) is 6.73. The zero-order valence-corrected chi connectivity index (χ0v) is 17.0. The Bertz CT molecular complexity index is 809. The fourth-order valence-electron chi connectivity index (χ4n) is 2.91. The van der Waals surface area contributed by atoms with Crippen LogP contribution in [-0.2, 0) is 19.5 Å². The Hall–Kier alpha value is -2.79. The minimum absolute atomic E-state index is 0.623. The Balaban J connectivity index is 1.70. The van der Waals surface area contributed by atoms with Gasteiger partial charge >= 0.3 is 0 Å². The van der Waals surface area contributed by atoms with E-state index in [1.807, 2.05) is 36.4 Å². The van der Waals surface area contributed by atoms with E-state index >= 15 is 0 Å². The number of thiocarbonyl (C=S) groups is 1. The summed E-state index contributed by atoms with van der Waals surface area (Å²) in [6.07, 6.45) is 7.15. The summed E-state index contributed by atoms with van der Waals surface area (Å²) in [5.74, 6) is 0. The smallest absolute Gasteiger partial charge is 0.174 e. The first-order chi connectivity index (χ1) is 13.7. The summed E-state index contributed by atoms with van der Waals surface area (Å²) < 4.78 is 0. The fourth-order valence-corrected chi connectivity index (χ4v) is 3.16. The average molecular weight is 391 g/mol. The summed E-state index contributed by atoms with van der Waals surface area (Å²) in [6.45, 7) is 3.46. The average Bonchev–Trinajstić information content (AvgIpc) is 2.74. The molecule has 0 amide bonds. The van der Waals surface area contributed by atoms with Gasteiger partial charge in [-0.1, -0.05) is 37.6 Å². The van der Waals surface area contributed by atoms with Crippen molar-refractivity contribution >= 4 is 23.0 Å². The highest BCUT2D eigenvalue weighted by atomic mass is 32.1. The maximum atomic E-state index is 5.72. The maximum Gasteiger partial charge on any atom is 0.174 e. The zero-order valence-electron chi connectivity index (χ0n) is 16.2. The number of unbranched alkanes of at least 4 members (excludes halogenated alkanes) is 1. The van der Waals surface area contributed by atoms with E-state index < -0.39 is 0 Å². The van der Waals surface area contributed by atoms with Crippen molar-refractivity contribution in [2.24, 2.45) is 0 Å². The van der Waals surface area contributed by atoms with Gasteiger partial charge in [0.1, 0.15) is 0 Å². The van der Waals surface area contributed by atoms with Gasteiger partial charge < -0.3 is 10.2 Å². The highest BCUT2D eigenvalue weighted by Crippen LogP contribution is 2.14. The molecule has 1 N–H and O–H groups in total. The molecule has 3 rings (SSSR count). The Labute approximate surface area is 172 Å². The largest absolute Gasteiger partial charge is 0.337 e. The standard InChI is InChI=1S/C23H26N4S/c1-2-3-8-19-11-13-20(14-12-19)26-23(28)27(17-21-9-4-6-15-24-21)18-22-10-5-7-16-25-22/h4-7,9-16H,2-3,8,17-18H2,1H3,(H,26,28). The third-order valence-electron chi connectivity index (χ3n) is 4.47. The van der Waals surface area contributed by atoms with Gasteiger partial charge in [0.05, 0.1) is 24.5 Å². The van der Waals surface area contributed by atoms with Gasteiger partial charge in [-0.05, 0) is 67.0 Å². The Kier molecular flexibility index (Phi) is 7.50. The zero-order chi connectivity index (χ0) is 19.6. The molecule has 0 radical (unpaired) electrons. The number of benzene rings is 1. The van der Waals surface area contributed by atoms with Gasteiger partial charge in [-0.3, -0.25) is 9.97 Å². The number of hydrogen-bond acceptors (Lipinski definition) is 3. The number of aromatic nitrogens is 2. The first-order valence-corrected chi connectivity index (χ1v) is 10.1. The predicted octanol–water partition coefficient (Wildman–Crippen LogP) is 5.22. The van der Waals surface area contributed by atoms with Crippen LogP contribution in [0.3, 0.4) is 0 Å². The van der Waals surface area contributed by atoms with Crippen LogP contribution in [-0.4, -0.2) is 20.0 Å². The lowest BCUT2D eigenvalue weighted by molar-refractivity contribution is 0.402. The lowest BCUT2D eigenvalue weighted by Gasteiger charge is -2.25. The number of aryl methyl sites for hydroxylation is 1. The third kappa shape index (κ3) is 6.13. The molecule has 0 aliphatic heterocycles. The van der Waals surface area contributed by atoms with Crippen LogP contribution >= 0.6 is 12.2 Å². The van der Waals surface area contributed by atoms with Crippen molar-refractivity contribution in [2.45, 2.75) is 39.3 Å². The lowest BCUT2D eigenvalue weighted by atomic mass is 10.1. The molecule has 0 atom stereocenters. The van der Waals surface area contributed by atoms with E-state index in [1.165, 1.54) is 18.4 Å². The molecule has 3 aromatic rings. The van der Waals surface area contributed by atoms with E-state index in [-0.39, 0.29) is 0 Å². The SMILES string of the molecule is CCCCc1ccc(NC(=S)N(Cc2ccccn2)Cc2ccccn2)cc1. The minimum Gasteiger partial charge on any atom is -0.337 e. The van der Waals surface area contributed by atoms with Crippen LogP contribution < -0.4 is 5.32 Å². The van der Waals surface area contributed by atoms with Crippen LogP contribution in [0, 0.1) is 0 Å². The molecule has 0 unspecified atom stereocenters. The Morgan fingerprint density at radius 1 is 0.893 bits per heavy atom. The molecule has 4 nitrogen and oxygen atoms in total. The molecular weight excluding hydrogens is 364 g/mol. The van der Waals surface area contributed by atoms with Gasteiger partial charge in [0.25, 0.3) is 0 Å². The van der Waals surface area contributed by atoms with Crippen molar-refractivity contribution in [1.29, 1.82) is 0 Å². The van der Waals surface area contributed by atoms with Crippen molar-refractivity contribution in [3.05, 3.63) is 90.0 Å². The van der Waals surface area contributed by atoms with Gasteiger partial charge in [-0.2, -0.15) is 0 Å². The molecule has 28 heavy (non-hydrogen) atoms.